The lowest BCUT2D eigenvalue weighted by Crippen LogP contribution is -2.56. The number of carbonyl (C=O) groups is 1. The van der Waals surface area contributed by atoms with E-state index < -0.39 is 0 Å². The second-order valence-electron chi connectivity index (χ2n) is 4.85. The Bertz CT molecular complexity index is 441. The highest BCUT2D eigenvalue weighted by Crippen LogP contribution is 2.22. The SMILES string of the molecule is CC1CN(C(=O)c2cc(O)cc(O)c2)C(C)CN1. The van der Waals surface area contributed by atoms with Crippen LogP contribution in [0.25, 0.3) is 0 Å². The summed E-state index contributed by atoms with van der Waals surface area (Å²) in [6.45, 7) is 5.36. The van der Waals surface area contributed by atoms with Crippen LogP contribution in [0.1, 0.15) is 24.2 Å². The van der Waals surface area contributed by atoms with Crippen LogP contribution in [0.15, 0.2) is 18.2 Å². The molecule has 1 aliphatic heterocycles. The van der Waals surface area contributed by atoms with Gasteiger partial charge in [-0.25, -0.2) is 0 Å². The summed E-state index contributed by atoms with van der Waals surface area (Å²) < 4.78 is 0. The van der Waals surface area contributed by atoms with Crippen molar-refractivity contribution in [2.24, 2.45) is 0 Å². The van der Waals surface area contributed by atoms with Crippen molar-refractivity contribution in [2.45, 2.75) is 25.9 Å². The summed E-state index contributed by atoms with van der Waals surface area (Å²) in [4.78, 5) is 14.1. The molecular formula is C13H18N2O3. The van der Waals surface area contributed by atoms with Gasteiger partial charge < -0.3 is 20.4 Å². The van der Waals surface area contributed by atoms with Crippen LogP contribution in [-0.2, 0) is 0 Å². The molecule has 5 heteroatoms. The first kappa shape index (κ1) is 12.7. The third-order valence-corrected chi connectivity index (χ3v) is 3.17. The summed E-state index contributed by atoms with van der Waals surface area (Å²) in [5, 5.41) is 22.1. The molecule has 0 bridgehead atoms. The van der Waals surface area contributed by atoms with Crippen LogP contribution in [0.5, 0.6) is 11.5 Å². The van der Waals surface area contributed by atoms with E-state index in [1.165, 1.54) is 18.2 Å². The van der Waals surface area contributed by atoms with Crippen molar-refractivity contribution in [3.63, 3.8) is 0 Å². The number of hydrogen-bond acceptors (Lipinski definition) is 4. The Morgan fingerprint density at radius 3 is 2.50 bits per heavy atom. The van der Waals surface area contributed by atoms with E-state index >= 15 is 0 Å². The van der Waals surface area contributed by atoms with Crippen LogP contribution >= 0.6 is 0 Å². The first-order valence-corrected chi connectivity index (χ1v) is 6.04. The van der Waals surface area contributed by atoms with E-state index in [1.54, 1.807) is 4.90 Å². The fourth-order valence-corrected chi connectivity index (χ4v) is 2.19. The molecule has 1 heterocycles. The maximum absolute atomic E-state index is 12.3. The number of nitrogens with one attached hydrogen (secondary N) is 1. The Labute approximate surface area is 106 Å². The topological polar surface area (TPSA) is 72.8 Å². The Balaban J connectivity index is 2.24. The van der Waals surface area contributed by atoms with Crippen LogP contribution in [-0.4, -0.2) is 46.2 Å². The number of rotatable bonds is 1. The molecule has 1 aromatic rings. The zero-order chi connectivity index (χ0) is 13.3. The van der Waals surface area contributed by atoms with Crippen LogP contribution in [0, 0.1) is 0 Å². The van der Waals surface area contributed by atoms with Crippen molar-refractivity contribution >= 4 is 5.91 Å². The minimum Gasteiger partial charge on any atom is -0.508 e. The molecule has 1 amide bonds. The summed E-state index contributed by atoms with van der Waals surface area (Å²) >= 11 is 0. The van der Waals surface area contributed by atoms with E-state index in [-0.39, 0.29) is 29.5 Å². The van der Waals surface area contributed by atoms with E-state index in [1.807, 2.05) is 13.8 Å². The second kappa shape index (κ2) is 4.86. The predicted octanol–water partition coefficient (Wildman–Crippen LogP) is 0.920. The van der Waals surface area contributed by atoms with Gasteiger partial charge in [0, 0.05) is 36.8 Å². The highest BCUT2D eigenvalue weighted by Gasteiger charge is 2.27. The third kappa shape index (κ3) is 2.56. The van der Waals surface area contributed by atoms with Gasteiger partial charge in [-0.05, 0) is 26.0 Å². The zero-order valence-electron chi connectivity index (χ0n) is 10.6. The van der Waals surface area contributed by atoms with Crippen LogP contribution in [0.4, 0.5) is 0 Å². The highest BCUT2D eigenvalue weighted by molar-refractivity contribution is 5.95. The van der Waals surface area contributed by atoms with Crippen LogP contribution < -0.4 is 5.32 Å². The molecule has 2 rings (SSSR count). The van der Waals surface area contributed by atoms with Gasteiger partial charge in [-0.1, -0.05) is 0 Å². The Kier molecular flexibility index (Phi) is 3.43. The zero-order valence-corrected chi connectivity index (χ0v) is 10.6. The average Bonchev–Trinajstić information content (AvgIpc) is 2.30. The molecule has 18 heavy (non-hydrogen) atoms. The van der Waals surface area contributed by atoms with E-state index in [4.69, 9.17) is 0 Å². The first-order chi connectivity index (χ1) is 8.47. The number of amides is 1. The summed E-state index contributed by atoms with van der Waals surface area (Å²) in [5.41, 5.74) is 0.313. The van der Waals surface area contributed by atoms with Gasteiger partial charge in [0.05, 0.1) is 0 Å². The lowest BCUT2D eigenvalue weighted by molar-refractivity contribution is 0.0615. The summed E-state index contributed by atoms with van der Waals surface area (Å²) in [7, 11) is 0. The number of piperazine rings is 1. The van der Waals surface area contributed by atoms with Crippen molar-refractivity contribution in [1.29, 1.82) is 0 Å². The van der Waals surface area contributed by atoms with E-state index in [2.05, 4.69) is 5.32 Å². The second-order valence-corrected chi connectivity index (χ2v) is 4.85. The van der Waals surface area contributed by atoms with Gasteiger partial charge in [0.25, 0.3) is 5.91 Å². The number of nitrogens with zero attached hydrogens (tertiary/aromatic N) is 1. The molecule has 1 aromatic carbocycles. The standard InChI is InChI=1S/C13H18N2O3/c1-8-7-15(9(2)6-14-8)13(18)10-3-11(16)5-12(17)4-10/h3-5,8-9,14,16-17H,6-7H2,1-2H3. The largest absolute Gasteiger partial charge is 0.508 e. The fraction of sp³-hybridized carbons (Fsp3) is 0.462. The molecule has 1 fully saturated rings. The fourth-order valence-electron chi connectivity index (χ4n) is 2.19. The maximum Gasteiger partial charge on any atom is 0.254 e. The molecule has 2 unspecified atom stereocenters. The molecule has 0 aromatic heterocycles. The molecule has 98 valence electrons. The van der Waals surface area contributed by atoms with E-state index in [0.29, 0.717) is 12.1 Å². The predicted molar refractivity (Wildman–Crippen MR) is 67.7 cm³/mol. The van der Waals surface area contributed by atoms with E-state index in [9.17, 15) is 15.0 Å². The first-order valence-electron chi connectivity index (χ1n) is 6.04. The lowest BCUT2D eigenvalue weighted by atomic mass is 10.1. The van der Waals surface area contributed by atoms with Gasteiger partial charge in [0.15, 0.2) is 0 Å². The summed E-state index contributed by atoms with van der Waals surface area (Å²) in [5.74, 6) is -0.370. The minimum atomic E-state index is -0.165. The van der Waals surface area contributed by atoms with Gasteiger partial charge >= 0.3 is 0 Å². The van der Waals surface area contributed by atoms with E-state index in [0.717, 1.165) is 6.54 Å². The maximum atomic E-state index is 12.3. The van der Waals surface area contributed by atoms with Gasteiger partial charge in [-0.3, -0.25) is 4.79 Å². The quantitative estimate of drug-likeness (QED) is 0.693. The minimum absolute atomic E-state index is 0.0955. The van der Waals surface area contributed by atoms with Crippen LogP contribution in [0.2, 0.25) is 0 Å². The third-order valence-electron chi connectivity index (χ3n) is 3.17. The Hall–Kier alpha value is -1.75. The Morgan fingerprint density at radius 2 is 1.89 bits per heavy atom. The molecule has 0 saturated carbocycles. The average molecular weight is 250 g/mol. The summed E-state index contributed by atoms with van der Waals surface area (Å²) in [6.07, 6.45) is 0. The smallest absolute Gasteiger partial charge is 0.254 e. The van der Waals surface area contributed by atoms with Crippen molar-refractivity contribution in [3.05, 3.63) is 23.8 Å². The lowest BCUT2D eigenvalue weighted by Gasteiger charge is -2.37. The Morgan fingerprint density at radius 1 is 1.28 bits per heavy atom. The molecule has 5 nitrogen and oxygen atoms in total. The molecule has 1 aliphatic rings. The number of phenolic OH excluding ortho intramolecular Hbond substituents is 2. The molecule has 1 saturated heterocycles. The molecular weight excluding hydrogens is 232 g/mol. The molecule has 0 aliphatic carbocycles. The van der Waals surface area contributed by atoms with Crippen molar-refractivity contribution in [3.8, 4) is 11.5 Å². The van der Waals surface area contributed by atoms with Crippen LogP contribution in [0.3, 0.4) is 0 Å². The van der Waals surface area contributed by atoms with Crippen molar-refractivity contribution in [2.75, 3.05) is 13.1 Å². The number of carbonyl (C=O) groups excluding carboxylic acids is 1. The van der Waals surface area contributed by atoms with Crippen molar-refractivity contribution < 1.29 is 15.0 Å². The van der Waals surface area contributed by atoms with Gasteiger partial charge in [-0.2, -0.15) is 0 Å². The number of hydrogen-bond donors (Lipinski definition) is 3. The number of phenols is 2. The molecule has 2 atom stereocenters. The summed E-state index contributed by atoms with van der Waals surface area (Å²) in [6, 6.07) is 4.30. The normalized spacial score (nSPS) is 24.0. The molecule has 0 spiro atoms. The number of aromatic hydroxyl groups is 2. The molecule has 0 radical (unpaired) electrons. The van der Waals surface area contributed by atoms with Gasteiger partial charge in [0.2, 0.25) is 0 Å². The molecule has 3 N–H and O–H groups in total. The van der Waals surface area contributed by atoms with Gasteiger partial charge in [-0.15, -0.1) is 0 Å². The highest BCUT2D eigenvalue weighted by atomic mass is 16.3. The number of benzene rings is 1. The monoisotopic (exact) mass is 250 g/mol. The van der Waals surface area contributed by atoms with Crippen molar-refractivity contribution in [1.82, 2.24) is 10.2 Å². The van der Waals surface area contributed by atoms with Gasteiger partial charge in [0.1, 0.15) is 11.5 Å².